The van der Waals surface area contributed by atoms with Gasteiger partial charge in [-0.05, 0) is 24.6 Å². The van der Waals surface area contributed by atoms with Crippen molar-refractivity contribution < 1.29 is 19.0 Å². The van der Waals surface area contributed by atoms with Crippen molar-refractivity contribution in [2.24, 2.45) is 0 Å². The predicted molar refractivity (Wildman–Crippen MR) is 91.1 cm³/mol. The fourth-order valence-electron chi connectivity index (χ4n) is 2.73. The van der Waals surface area contributed by atoms with E-state index < -0.39 is 0 Å². The van der Waals surface area contributed by atoms with Crippen LogP contribution >= 0.6 is 12.4 Å². The topological polar surface area (TPSA) is 60.0 Å². The number of benzene rings is 1. The highest BCUT2D eigenvalue weighted by Gasteiger charge is 2.24. The second-order valence-corrected chi connectivity index (χ2v) is 5.35. The molecule has 0 aromatic heterocycles. The zero-order valence-electron chi connectivity index (χ0n) is 14.0. The number of nitrogens with zero attached hydrogens (tertiary/aromatic N) is 1. The third kappa shape index (κ3) is 4.42. The summed E-state index contributed by atoms with van der Waals surface area (Å²) in [5.74, 6) is 1.79. The number of piperazine rings is 1. The first-order valence-electron chi connectivity index (χ1n) is 7.39. The minimum Gasteiger partial charge on any atom is -0.493 e. The van der Waals surface area contributed by atoms with E-state index in [1.54, 1.807) is 21.3 Å². The van der Waals surface area contributed by atoms with Gasteiger partial charge in [-0.15, -0.1) is 12.4 Å². The number of carbonyl (C=O) groups excluding carboxylic acids is 1. The van der Waals surface area contributed by atoms with E-state index in [4.69, 9.17) is 14.2 Å². The summed E-state index contributed by atoms with van der Waals surface area (Å²) in [5, 5.41) is 3.28. The van der Waals surface area contributed by atoms with E-state index in [0.717, 1.165) is 25.2 Å². The standard InChI is InChI=1S/C16H24N2O4.ClH/c1-11-10-17-5-6-18(11)15(19)9-12-7-13(20-2)16(22-4)14(8-12)21-3;/h7-8,11,17H,5-6,9-10H2,1-4H3;1H/t11-;/m1./s1. The SMILES string of the molecule is COc1cc(CC(=O)N2CCNC[C@H]2C)cc(OC)c1OC.Cl. The van der Waals surface area contributed by atoms with Gasteiger partial charge < -0.3 is 24.4 Å². The Bertz CT molecular complexity index is 514. The number of nitrogens with one attached hydrogen (secondary N) is 1. The van der Waals surface area contributed by atoms with Gasteiger partial charge in [0.05, 0.1) is 27.8 Å². The van der Waals surface area contributed by atoms with Crippen molar-refractivity contribution in [2.45, 2.75) is 19.4 Å². The van der Waals surface area contributed by atoms with Crippen molar-refractivity contribution in [1.29, 1.82) is 0 Å². The molecule has 0 radical (unpaired) electrons. The first-order chi connectivity index (χ1) is 10.6. The van der Waals surface area contributed by atoms with Gasteiger partial charge in [-0.2, -0.15) is 0 Å². The molecule has 1 N–H and O–H groups in total. The summed E-state index contributed by atoms with van der Waals surface area (Å²) >= 11 is 0. The van der Waals surface area contributed by atoms with Crippen molar-refractivity contribution >= 4 is 18.3 Å². The number of halogens is 1. The molecule has 1 aromatic rings. The van der Waals surface area contributed by atoms with E-state index >= 15 is 0 Å². The van der Waals surface area contributed by atoms with Gasteiger partial charge in [0.25, 0.3) is 0 Å². The highest BCUT2D eigenvalue weighted by atomic mass is 35.5. The van der Waals surface area contributed by atoms with Crippen LogP contribution in [0.25, 0.3) is 0 Å². The number of carbonyl (C=O) groups is 1. The van der Waals surface area contributed by atoms with Crippen LogP contribution in [0, 0.1) is 0 Å². The molecule has 1 heterocycles. The van der Waals surface area contributed by atoms with Crippen LogP contribution in [0.3, 0.4) is 0 Å². The van der Waals surface area contributed by atoms with E-state index in [-0.39, 0.29) is 24.4 Å². The second-order valence-electron chi connectivity index (χ2n) is 5.35. The zero-order chi connectivity index (χ0) is 16.1. The van der Waals surface area contributed by atoms with Gasteiger partial charge in [0.1, 0.15) is 0 Å². The van der Waals surface area contributed by atoms with E-state index in [2.05, 4.69) is 12.2 Å². The quantitative estimate of drug-likeness (QED) is 0.877. The van der Waals surface area contributed by atoms with Crippen LogP contribution in [0.15, 0.2) is 12.1 Å². The number of rotatable bonds is 5. The zero-order valence-corrected chi connectivity index (χ0v) is 14.9. The smallest absolute Gasteiger partial charge is 0.227 e. The van der Waals surface area contributed by atoms with E-state index in [0.29, 0.717) is 23.7 Å². The molecular weight excluding hydrogens is 320 g/mol. The molecule has 23 heavy (non-hydrogen) atoms. The molecule has 1 saturated heterocycles. The summed E-state index contributed by atoms with van der Waals surface area (Å²) in [4.78, 5) is 14.4. The summed E-state index contributed by atoms with van der Waals surface area (Å²) in [6.45, 7) is 4.47. The lowest BCUT2D eigenvalue weighted by Gasteiger charge is -2.34. The van der Waals surface area contributed by atoms with Crippen LogP contribution in [0.4, 0.5) is 0 Å². The van der Waals surface area contributed by atoms with E-state index in [9.17, 15) is 4.79 Å². The molecular formula is C16H25ClN2O4. The van der Waals surface area contributed by atoms with Crippen LogP contribution in [-0.2, 0) is 11.2 Å². The highest BCUT2D eigenvalue weighted by molar-refractivity contribution is 5.85. The largest absolute Gasteiger partial charge is 0.493 e. The molecule has 0 unspecified atom stereocenters. The molecule has 7 heteroatoms. The molecule has 1 aliphatic rings. The Balaban J connectivity index is 0.00000264. The lowest BCUT2D eigenvalue weighted by Crippen LogP contribution is -2.52. The Labute approximate surface area is 143 Å². The lowest BCUT2D eigenvalue weighted by atomic mass is 10.1. The third-order valence-electron chi connectivity index (χ3n) is 3.90. The molecule has 1 aromatic carbocycles. The van der Waals surface area contributed by atoms with Crippen molar-refractivity contribution in [3.63, 3.8) is 0 Å². The molecule has 6 nitrogen and oxygen atoms in total. The Morgan fingerprint density at radius 3 is 2.30 bits per heavy atom. The molecule has 2 rings (SSSR count). The van der Waals surface area contributed by atoms with E-state index in [1.807, 2.05) is 17.0 Å². The minimum atomic E-state index is 0. The van der Waals surface area contributed by atoms with Crippen LogP contribution in [0.1, 0.15) is 12.5 Å². The minimum absolute atomic E-state index is 0. The van der Waals surface area contributed by atoms with Gasteiger partial charge in [-0.3, -0.25) is 4.79 Å². The van der Waals surface area contributed by atoms with Gasteiger partial charge >= 0.3 is 0 Å². The second kappa shape index (κ2) is 8.84. The summed E-state index contributed by atoms with van der Waals surface area (Å²) < 4.78 is 16.0. The van der Waals surface area contributed by atoms with Crippen LogP contribution in [-0.4, -0.2) is 57.8 Å². The average Bonchev–Trinajstić information content (AvgIpc) is 2.54. The van der Waals surface area contributed by atoms with Crippen LogP contribution in [0.2, 0.25) is 0 Å². The number of ether oxygens (including phenoxy) is 3. The molecule has 0 spiro atoms. The summed E-state index contributed by atoms with van der Waals surface area (Å²) in [6.07, 6.45) is 0.320. The molecule has 130 valence electrons. The van der Waals surface area contributed by atoms with Crippen molar-refractivity contribution in [1.82, 2.24) is 10.2 Å². The van der Waals surface area contributed by atoms with Gasteiger partial charge in [-0.25, -0.2) is 0 Å². The Morgan fingerprint density at radius 1 is 1.22 bits per heavy atom. The first kappa shape index (κ1) is 19.4. The number of methoxy groups -OCH3 is 3. The Hall–Kier alpha value is -1.66. The maximum atomic E-state index is 12.5. The molecule has 0 saturated carbocycles. The van der Waals surface area contributed by atoms with Gasteiger partial charge in [0, 0.05) is 25.7 Å². The Kier molecular flexibility index (Phi) is 7.45. The predicted octanol–water partition coefficient (Wildman–Crippen LogP) is 1.50. The van der Waals surface area contributed by atoms with Gasteiger partial charge in [-0.1, -0.05) is 0 Å². The maximum absolute atomic E-state index is 12.5. The maximum Gasteiger partial charge on any atom is 0.227 e. The number of amides is 1. The summed E-state index contributed by atoms with van der Waals surface area (Å²) in [5.41, 5.74) is 0.852. The summed E-state index contributed by atoms with van der Waals surface area (Å²) in [6, 6.07) is 3.86. The molecule has 1 atom stereocenters. The van der Waals surface area contributed by atoms with Gasteiger partial charge in [0.15, 0.2) is 11.5 Å². The van der Waals surface area contributed by atoms with Crippen molar-refractivity contribution in [2.75, 3.05) is 41.0 Å². The number of hydrogen-bond donors (Lipinski definition) is 1. The summed E-state index contributed by atoms with van der Waals surface area (Å²) in [7, 11) is 4.70. The monoisotopic (exact) mass is 344 g/mol. The number of hydrogen-bond acceptors (Lipinski definition) is 5. The molecule has 0 bridgehead atoms. The lowest BCUT2D eigenvalue weighted by molar-refractivity contribution is -0.133. The fourth-order valence-corrected chi connectivity index (χ4v) is 2.73. The van der Waals surface area contributed by atoms with Crippen LogP contribution < -0.4 is 19.5 Å². The van der Waals surface area contributed by atoms with Crippen molar-refractivity contribution in [3.05, 3.63) is 17.7 Å². The first-order valence-corrected chi connectivity index (χ1v) is 7.39. The molecule has 1 aliphatic heterocycles. The van der Waals surface area contributed by atoms with E-state index in [1.165, 1.54) is 0 Å². The normalized spacial score (nSPS) is 17.2. The third-order valence-corrected chi connectivity index (χ3v) is 3.90. The average molecular weight is 345 g/mol. The Morgan fingerprint density at radius 2 is 1.83 bits per heavy atom. The highest BCUT2D eigenvalue weighted by Crippen LogP contribution is 2.38. The van der Waals surface area contributed by atoms with Crippen molar-refractivity contribution in [3.8, 4) is 17.2 Å². The molecule has 1 amide bonds. The molecule has 1 fully saturated rings. The molecule has 0 aliphatic carbocycles. The van der Waals surface area contributed by atoms with Gasteiger partial charge in [0.2, 0.25) is 11.7 Å². The fraction of sp³-hybridized carbons (Fsp3) is 0.562. The van der Waals surface area contributed by atoms with Crippen LogP contribution in [0.5, 0.6) is 17.2 Å².